The fraction of sp³-hybridized carbons (Fsp3) is 0.471. The standard InChI is InChI=1S/C17H23ClN4O3/c1-4-12-8-13(25-22-12)9-19-17(24)21-15-7-11(5-6-14(15)18)16(23)20-10(2)3/h5-7,10,13H,4,8-9H2,1-3H3,(H,20,23)(H2,19,21,24)/t13-/m0/s1. The molecule has 0 spiro atoms. The fourth-order valence-electron chi connectivity index (χ4n) is 2.29. The van der Waals surface area contributed by atoms with Gasteiger partial charge in [0.2, 0.25) is 0 Å². The quantitative estimate of drug-likeness (QED) is 0.722. The number of carbonyl (C=O) groups is 2. The van der Waals surface area contributed by atoms with Crippen molar-refractivity contribution in [3.05, 3.63) is 28.8 Å². The Kier molecular flexibility index (Phi) is 6.64. The van der Waals surface area contributed by atoms with Gasteiger partial charge in [0, 0.05) is 18.0 Å². The zero-order chi connectivity index (χ0) is 18.4. The number of oxime groups is 1. The topological polar surface area (TPSA) is 91.8 Å². The minimum Gasteiger partial charge on any atom is -0.390 e. The summed E-state index contributed by atoms with van der Waals surface area (Å²) >= 11 is 6.10. The minimum absolute atomic E-state index is 0.0181. The summed E-state index contributed by atoms with van der Waals surface area (Å²) in [4.78, 5) is 29.3. The molecule has 136 valence electrons. The van der Waals surface area contributed by atoms with E-state index < -0.39 is 6.03 Å². The van der Waals surface area contributed by atoms with Crippen molar-refractivity contribution in [2.24, 2.45) is 5.16 Å². The van der Waals surface area contributed by atoms with Gasteiger partial charge in [0.25, 0.3) is 5.91 Å². The normalized spacial score (nSPS) is 16.2. The maximum Gasteiger partial charge on any atom is 0.319 e. The van der Waals surface area contributed by atoms with Gasteiger partial charge in [0.05, 0.1) is 23.0 Å². The second kappa shape index (κ2) is 8.71. The van der Waals surface area contributed by atoms with Crippen LogP contribution in [0.15, 0.2) is 23.4 Å². The molecule has 8 heteroatoms. The van der Waals surface area contributed by atoms with Gasteiger partial charge in [-0.25, -0.2) is 4.79 Å². The van der Waals surface area contributed by atoms with E-state index in [0.29, 0.717) is 29.2 Å². The van der Waals surface area contributed by atoms with Crippen LogP contribution in [0.25, 0.3) is 0 Å². The van der Waals surface area contributed by atoms with Gasteiger partial charge in [-0.15, -0.1) is 0 Å². The number of halogens is 1. The van der Waals surface area contributed by atoms with Gasteiger partial charge in [-0.1, -0.05) is 23.7 Å². The van der Waals surface area contributed by atoms with Crippen LogP contribution in [0.3, 0.4) is 0 Å². The third kappa shape index (κ3) is 5.63. The van der Waals surface area contributed by atoms with E-state index in [4.69, 9.17) is 16.4 Å². The number of nitrogens with zero attached hydrogens (tertiary/aromatic N) is 1. The summed E-state index contributed by atoms with van der Waals surface area (Å²) in [5, 5.41) is 12.5. The fourth-order valence-corrected chi connectivity index (χ4v) is 2.45. The minimum atomic E-state index is -0.420. The Morgan fingerprint density at radius 1 is 1.40 bits per heavy atom. The summed E-state index contributed by atoms with van der Waals surface area (Å²) in [6.07, 6.45) is 1.39. The van der Waals surface area contributed by atoms with Gasteiger partial charge in [0.1, 0.15) is 6.10 Å². The maximum atomic E-state index is 12.1. The Labute approximate surface area is 152 Å². The van der Waals surface area contributed by atoms with Crippen LogP contribution in [-0.2, 0) is 4.84 Å². The first-order valence-electron chi connectivity index (χ1n) is 8.25. The maximum absolute atomic E-state index is 12.1. The lowest BCUT2D eigenvalue weighted by Crippen LogP contribution is -2.35. The van der Waals surface area contributed by atoms with Crippen molar-refractivity contribution >= 4 is 34.9 Å². The summed E-state index contributed by atoms with van der Waals surface area (Å²) in [6, 6.07) is 4.33. The highest BCUT2D eigenvalue weighted by atomic mass is 35.5. The molecular weight excluding hydrogens is 344 g/mol. The molecule has 1 heterocycles. The van der Waals surface area contributed by atoms with E-state index in [1.165, 1.54) is 0 Å². The van der Waals surface area contributed by atoms with Crippen LogP contribution in [0.4, 0.5) is 10.5 Å². The molecule has 1 aromatic rings. The first kappa shape index (κ1) is 19.1. The lowest BCUT2D eigenvalue weighted by Gasteiger charge is -2.13. The molecule has 0 bridgehead atoms. The number of benzene rings is 1. The molecule has 3 N–H and O–H groups in total. The van der Waals surface area contributed by atoms with Crippen LogP contribution < -0.4 is 16.0 Å². The second-order valence-corrected chi connectivity index (χ2v) is 6.51. The van der Waals surface area contributed by atoms with Crippen LogP contribution >= 0.6 is 11.6 Å². The van der Waals surface area contributed by atoms with Crippen molar-refractivity contribution in [1.29, 1.82) is 0 Å². The molecule has 3 amide bonds. The summed E-state index contributed by atoms with van der Waals surface area (Å²) in [7, 11) is 0. The van der Waals surface area contributed by atoms with E-state index in [2.05, 4.69) is 21.1 Å². The van der Waals surface area contributed by atoms with Crippen molar-refractivity contribution in [2.75, 3.05) is 11.9 Å². The van der Waals surface area contributed by atoms with Crippen molar-refractivity contribution in [2.45, 2.75) is 45.8 Å². The number of anilines is 1. The van der Waals surface area contributed by atoms with Gasteiger partial charge in [0.15, 0.2) is 0 Å². The first-order valence-corrected chi connectivity index (χ1v) is 8.63. The lowest BCUT2D eigenvalue weighted by molar-refractivity contribution is 0.0870. The molecular formula is C17H23ClN4O3. The smallest absolute Gasteiger partial charge is 0.319 e. The molecule has 1 aliphatic heterocycles. The van der Waals surface area contributed by atoms with E-state index in [0.717, 1.165) is 12.1 Å². The molecule has 25 heavy (non-hydrogen) atoms. The molecule has 7 nitrogen and oxygen atoms in total. The Morgan fingerprint density at radius 3 is 2.80 bits per heavy atom. The largest absolute Gasteiger partial charge is 0.390 e. The molecule has 0 aliphatic carbocycles. The van der Waals surface area contributed by atoms with Crippen molar-refractivity contribution in [1.82, 2.24) is 10.6 Å². The van der Waals surface area contributed by atoms with Crippen LogP contribution in [0.1, 0.15) is 44.0 Å². The molecule has 0 saturated carbocycles. The molecule has 0 fully saturated rings. The third-order valence-electron chi connectivity index (χ3n) is 3.59. The highest BCUT2D eigenvalue weighted by Crippen LogP contribution is 2.23. The van der Waals surface area contributed by atoms with Gasteiger partial charge < -0.3 is 20.8 Å². The highest BCUT2D eigenvalue weighted by molar-refractivity contribution is 6.33. The van der Waals surface area contributed by atoms with Crippen LogP contribution in [0.2, 0.25) is 5.02 Å². The van der Waals surface area contributed by atoms with Crippen LogP contribution in [0, 0.1) is 0 Å². The number of urea groups is 1. The van der Waals surface area contributed by atoms with E-state index in [1.807, 2.05) is 20.8 Å². The Morgan fingerprint density at radius 2 is 2.16 bits per heavy atom. The number of nitrogens with one attached hydrogen (secondary N) is 3. The van der Waals surface area contributed by atoms with E-state index in [1.54, 1.807) is 18.2 Å². The lowest BCUT2D eigenvalue weighted by atomic mass is 10.1. The highest BCUT2D eigenvalue weighted by Gasteiger charge is 2.20. The number of carbonyl (C=O) groups excluding carboxylic acids is 2. The van der Waals surface area contributed by atoms with E-state index >= 15 is 0 Å². The SMILES string of the molecule is CCC1=NO[C@H](CNC(=O)Nc2cc(C(=O)NC(C)C)ccc2Cl)C1. The van der Waals surface area contributed by atoms with Gasteiger partial charge in [-0.3, -0.25) is 4.79 Å². The van der Waals surface area contributed by atoms with Crippen molar-refractivity contribution in [3.8, 4) is 0 Å². The second-order valence-electron chi connectivity index (χ2n) is 6.10. The number of hydrogen-bond acceptors (Lipinski definition) is 4. The molecule has 0 unspecified atom stereocenters. The number of rotatable bonds is 6. The zero-order valence-electron chi connectivity index (χ0n) is 14.6. The number of hydrogen-bond donors (Lipinski definition) is 3. The summed E-state index contributed by atoms with van der Waals surface area (Å²) in [6.45, 7) is 6.09. The predicted octanol–water partition coefficient (Wildman–Crippen LogP) is 3.15. The van der Waals surface area contributed by atoms with Crippen molar-refractivity contribution < 1.29 is 14.4 Å². The molecule has 0 saturated heterocycles. The van der Waals surface area contributed by atoms with Gasteiger partial charge in [-0.2, -0.15) is 0 Å². The molecule has 1 atom stereocenters. The predicted molar refractivity (Wildman–Crippen MR) is 98.3 cm³/mol. The van der Waals surface area contributed by atoms with Crippen LogP contribution in [-0.4, -0.2) is 36.3 Å². The summed E-state index contributed by atoms with van der Waals surface area (Å²) in [5.41, 5.74) is 1.78. The average molecular weight is 367 g/mol. The van der Waals surface area contributed by atoms with Crippen LogP contribution in [0.5, 0.6) is 0 Å². The number of amides is 3. The third-order valence-corrected chi connectivity index (χ3v) is 3.92. The Bertz CT molecular complexity index is 676. The molecule has 2 rings (SSSR count). The summed E-state index contributed by atoms with van der Waals surface area (Å²) < 4.78 is 0. The monoisotopic (exact) mass is 366 g/mol. The molecule has 1 aromatic carbocycles. The molecule has 0 radical (unpaired) electrons. The molecule has 1 aliphatic rings. The first-order chi connectivity index (χ1) is 11.9. The van der Waals surface area contributed by atoms with E-state index in [9.17, 15) is 9.59 Å². The Balaban J connectivity index is 1.90. The van der Waals surface area contributed by atoms with Gasteiger partial charge >= 0.3 is 6.03 Å². The van der Waals surface area contributed by atoms with Crippen molar-refractivity contribution in [3.63, 3.8) is 0 Å². The average Bonchev–Trinajstić information content (AvgIpc) is 3.02. The zero-order valence-corrected chi connectivity index (χ0v) is 15.3. The van der Waals surface area contributed by atoms with Gasteiger partial charge in [-0.05, 0) is 38.5 Å². The Hall–Kier alpha value is -2.28. The molecule has 0 aromatic heterocycles. The summed E-state index contributed by atoms with van der Waals surface area (Å²) in [5.74, 6) is -0.223. The van der Waals surface area contributed by atoms with E-state index in [-0.39, 0.29) is 18.1 Å².